The Balaban J connectivity index is 0.00000176. The number of fused-ring (bicyclic) bond motifs is 1. The number of carbonyl (C=O) groups excluding carboxylic acids is 1. The SMILES string of the molecule is Cc1cc(C)cc(NC(=O)C2Cc3ccccc3CN2)c1.Cl. The summed E-state index contributed by atoms with van der Waals surface area (Å²) >= 11 is 0. The average molecular weight is 317 g/mol. The molecule has 1 aliphatic heterocycles. The number of rotatable bonds is 2. The molecule has 22 heavy (non-hydrogen) atoms. The minimum atomic E-state index is -0.166. The van der Waals surface area contributed by atoms with Gasteiger partial charge in [0.2, 0.25) is 5.91 Å². The van der Waals surface area contributed by atoms with Crippen molar-refractivity contribution in [1.82, 2.24) is 5.32 Å². The van der Waals surface area contributed by atoms with Gasteiger partial charge < -0.3 is 10.6 Å². The van der Waals surface area contributed by atoms with Crippen molar-refractivity contribution in [1.29, 1.82) is 0 Å². The molecule has 0 aliphatic carbocycles. The molecule has 1 amide bonds. The summed E-state index contributed by atoms with van der Waals surface area (Å²) in [5, 5.41) is 6.34. The van der Waals surface area contributed by atoms with Crippen molar-refractivity contribution in [3.63, 3.8) is 0 Å². The van der Waals surface area contributed by atoms with E-state index in [1.807, 2.05) is 38.1 Å². The smallest absolute Gasteiger partial charge is 0.241 e. The third-order valence-corrected chi connectivity index (χ3v) is 3.89. The largest absolute Gasteiger partial charge is 0.325 e. The van der Waals surface area contributed by atoms with Gasteiger partial charge in [-0.3, -0.25) is 4.79 Å². The molecule has 0 bridgehead atoms. The molecular formula is C18H21ClN2O. The molecule has 116 valence electrons. The van der Waals surface area contributed by atoms with E-state index in [9.17, 15) is 4.79 Å². The Morgan fingerprint density at radius 3 is 2.41 bits per heavy atom. The van der Waals surface area contributed by atoms with Crippen molar-refractivity contribution in [2.24, 2.45) is 0 Å². The normalized spacial score (nSPS) is 16.4. The van der Waals surface area contributed by atoms with E-state index in [1.54, 1.807) is 0 Å². The number of anilines is 1. The van der Waals surface area contributed by atoms with Crippen molar-refractivity contribution >= 4 is 24.0 Å². The van der Waals surface area contributed by atoms with Crippen molar-refractivity contribution < 1.29 is 4.79 Å². The van der Waals surface area contributed by atoms with E-state index in [0.717, 1.165) is 29.8 Å². The summed E-state index contributed by atoms with van der Waals surface area (Å²) in [6.07, 6.45) is 0.743. The molecule has 0 radical (unpaired) electrons. The fourth-order valence-corrected chi connectivity index (χ4v) is 2.92. The van der Waals surface area contributed by atoms with Crippen LogP contribution in [-0.2, 0) is 17.8 Å². The standard InChI is InChI=1S/C18H20N2O.ClH/c1-12-7-13(2)9-16(8-12)20-18(21)17-10-14-5-3-4-6-15(14)11-19-17;/h3-9,17,19H,10-11H2,1-2H3,(H,20,21);1H. The molecule has 2 aromatic rings. The van der Waals surface area contributed by atoms with Crippen LogP contribution in [0.2, 0.25) is 0 Å². The average Bonchev–Trinajstić information content (AvgIpc) is 2.45. The summed E-state index contributed by atoms with van der Waals surface area (Å²) in [7, 11) is 0. The fraction of sp³-hybridized carbons (Fsp3) is 0.278. The van der Waals surface area contributed by atoms with E-state index in [4.69, 9.17) is 0 Å². The van der Waals surface area contributed by atoms with Gasteiger partial charge in [0.05, 0.1) is 6.04 Å². The van der Waals surface area contributed by atoms with Gasteiger partial charge in [-0.2, -0.15) is 0 Å². The van der Waals surface area contributed by atoms with Crippen LogP contribution in [0.3, 0.4) is 0 Å². The Morgan fingerprint density at radius 2 is 1.73 bits per heavy atom. The zero-order chi connectivity index (χ0) is 14.8. The van der Waals surface area contributed by atoms with E-state index in [0.29, 0.717) is 0 Å². The number of carbonyl (C=O) groups is 1. The van der Waals surface area contributed by atoms with Crippen LogP contribution in [-0.4, -0.2) is 11.9 Å². The first-order valence-electron chi connectivity index (χ1n) is 7.31. The zero-order valence-electron chi connectivity index (χ0n) is 12.8. The number of hydrogen-bond donors (Lipinski definition) is 2. The molecule has 0 fully saturated rings. The van der Waals surface area contributed by atoms with E-state index in [2.05, 4.69) is 28.8 Å². The van der Waals surface area contributed by atoms with Crippen LogP contribution in [0.15, 0.2) is 42.5 Å². The van der Waals surface area contributed by atoms with Gasteiger partial charge in [-0.15, -0.1) is 12.4 Å². The molecular weight excluding hydrogens is 296 g/mol. The minimum absolute atomic E-state index is 0. The van der Waals surface area contributed by atoms with Crippen LogP contribution in [0.4, 0.5) is 5.69 Å². The summed E-state index contributed by atoms with van der Waals surface area (Å²) in [5.74, 6) is 0.0366. The molecule has 0 spiro atoms. The highest BCUT2D eigenvalue weighted by Gasteiger charge is 2.23. The number of amides is 1. The highest BCUT2D eigenvalue weighted by Crippen LogP contribution is 2.18. The van der Waals surface area contributed by atoms with Gasteiger partial charge in [0, 0.05) is 12.2 Å². The monoisotopic (exact) mass is 316 g/mol. The van der Waals surface area contributed by atoms with Crippen LogP contribution in [0.5, 0.6) is 0 Å². The van der Waals surface area contributed by atoms with Crippen molar-refractivity contribution in [3.05, 3.63) is 64.7 Å². The first-order valence-corrected chi connectivity index (χ1v) is 7.31. The molecule has 1 unspecified atom stereocenters. The maximum absolute atomic E-state index is 12.4. The zero-order valence-corrected chi connectivity index (χ0v) is 13.7. The topological polar surface area (TPSA) is 41.1 Å². The highest BCUT2D eigenvalue weighted by atomic mass is 35.5. The van der Waals surface area contributed by atoms with Gasteiger partial charge >= 0.3 is 0 Å². The first-order chi connectivity index (χ1) is 10.1. The summed E-state index contributed by atoms with van der Waals surface area (Å²) in [5.41, 5.74) is 5.74. The summed E-state index contributed by atoms with van der Waals surface area (Å²) in [6.45, 7) is 4.83. The van der Waals surface area contributed by atoms with Crippen LogP contribution in [0.25, 0.3) is 0 Å². The number of benzene rings is 2. The van der Waals surface area contributed by atoms with Gasteiger partial charge in [0.1, 0.15) is 0 Å². The van der Waals surface area contributed by atoms with Crippen molar-refractivity contribution in [2.75, 3.05) is 5.32 Å². The summed E-state index contributed by atoms with van der Waals surface area (Å²) in [4.78, 5) is 12.4. The molecule has 2 N–H and O–H groups in total. The number of nitrogens with one attached hydrogen (secondary N) is 2. The van der Waals surface area contributed by atoms with E-state index < -0.39 is 0 Å². The Morgan fingerprint density at radius 1 is 1.09 bits per heavy atom. The Hall–Kier alpha value is -1.84. The summed E-state index contributed by atoms with van der Waals surface area (Å²) < 4.78 is 0. The lowest BCUT2D eigenvalue weighted by Crippen LogP contribution is -2.44. The second-order valence-electron chi connectivity index (χ2n) is 5.77. The lowest BCUT2D eigenvalue weighted by molar-refractivity contribution is -0.118. The van der Waals surface area contributed by atoms with Gasteiger partial charge in [-0.1, -0.05) is 30.3 Å². The molecule has 1 atom stereocenters. The number of aryl methyl sites for hydroxylation is 2. The molecule has 2 aromatic carbocycles. The van der Waals surface area contributed by atoms with Crippen LogP contribution in [0.1, 0.15) is 22.3 Å². The van der Waals surface area contributed by atoms with E-state index >= 15 is 0 Å². The molecule has 1 heterocycles. The lowest BCUT2D eigenvalue weighted by atomic mass is 9.95. The van der Waals surface area contributed by atoms with Crippen LogP contribution < -0.4 is 10.6 Å². The maximum Gasteiger partial charge on any atom is 0.241 e. The number of hydrogen-bond acceptors (Lipinski definition) is 2. The van der Waals surface area contributed by atoms with E-state index in [1.165, 1.54) is 11.1 Å². The van der Waals surface area contributed by atoms with Gasteiger partial charge in [-0.05, 0) is 54.7 Å². The Kier molecular flexibility index (Phi) is 5.22. The van der Waals surface area contributed by atoms with Crippen molar-refractivity contribution in [2.45, 2.75) is 32.9 Å². The quantitative estimate of drug-likeness (QED) is 0.892. The molecule has 3 nitrogen and oxygen atoms in total. The fourth-order valence-electron chi connectivity index (χ4n) is 2.92. The third-order valence-electron chi connectivity index (χ3n) is 3.89. The first kappa shape index (κ1) is 16.5. The van der Waals surface area contributed by atoms with Crippen LogP contribution >= 0.6 is 12.4 Å². The lowest BCUT2D eigenvalue weighted by Gasteiger charge is -2.25. The Labute approximate surface area is 137 Å². The van der Waals surface area contributed by atoms with Crippen molar-refractivity contribution in [3.8, 4) is 0 Å². The van der Waals surface area contributed by atoms with Gasteiger partial charge in [0.25, 0.3) is 0 Å². The predicted molar refractivity (Wildman–Crippen MR) is 92.6 cm³/mol. The molecule has 0 saturated heterocycles. The second kappa shape index (κ2) is 6.95. The second-order valence-corrected chi connectivity index (χ2v) is 5.77. The highest BCUT2D eigenvalue weighted by molar-refractivity contribution is 5.95. The molecule has 1 aliphatic rings. The van der Waals surface area contributed by atoms with E-state index in [-0.39, 0.29) is 24.4 Å². The third kappa shape index (κ3) is 3.67. The molecule has 0 aromatic heterocycles. The minimum Gasteiger partial charge on any atom is -0.325 e. The molecule has 0 saturated carbocycles. The molecule has 3 rings (SSSR count). The van der Waals surface area contributed by atoms with Gasteiger partial charge in [0.15, 0.2) is 0 Å². The van der Waals surface area contributed by atoms with Gasteiger partial charge in [-0.25, -0.2) is 0 Å². The van der Waals surface area contributed by atoms with Crippen LogP contribution in [0, 0.1) is 13.8 Å². The predicted octanol–water partition coefficient (Wildman–Crippen LogP) is 3.38. The summed E-state index contributed by atoms with van der Waals surface area (Å²) in [6, 6.07) is 14.2. The maximum atomic E-state index is 12.4. The molecule has 4 heteroatoms. The number of halogens is 1. The Bertz CT molecular complexity index is 664.